The number of ether oxygens (including phenoxy) is 1. The van der Waals surface area contributed by atoms with E-state index in [4.69, 9.17) is 9.94 Å². The van der Waals surface area contributed by atoms with E-state index in [0.717, 1.165) is 12.0 Å². The van der Waals surface area contributed by atoms with Gasteiger partial charge in [0.05, 0.1) is 0 Å². The van der Waals surface area contributed by atoms with Crippen LogP contribution >= 0.6 is 0 Å². The Labute approximate surface area is 114 Å². The molecular formula is C15H21NO3. The summed E-state index contributed by atoms with van der Waals surface area (Å²) in [5, 5.41) is 11.9. The molecule has 0 aliphatic rings. The number of benzene rings is 1. The van der Waals surface area contributed by atoms with Gasteiger partial charge in [-0.15, -0.1) is 0 Å². The van der Waals surface area contributed by atoms with Crippen LogP contribution in [0.5, 0.6) is 0 Å². The van der Waals surface area contributed by atoms with Gasteiger partial charge in [-0.05, 0) is 17.4 Å². The Morgan fingerprint density at radius 1 is 1.26 bits per heavy atom. The van der Waals surface area contributed by atoms with Gasteiger partial charge in [0.2, 0.25) is 0 Å². The number of esters is 1. The zero-order chi connectivity index (χ0) is 14.3. The number of carbonyl (C=O) groups is 1. The Morgan fingerprint density at radius 3 is 2.42 bits per heavy atom. The third-order valence-corrected chi connectivity index (χ3v) is 2.68. The van der Waals surface area contributed by atoms with Crippen molar-refractivity contribution in [1.29, 1.82) is 0 Å². The van der Waals surface area contributed by atoms with Gasteiger partial charge in [-0.25, -0.2) is 4.79 Å². The fraction of sp³-hybridized carbons (Fsp3) is 0.467. The summed E-state index contributed by atoms with van der Waals surface area (Å²) in [4.78, 5) is 11.8. The number of hydrogen-bond acceptors (Lipinski definition) is 4. The summed E-state index contributed by atoms with van der Waals surface area (Å²) in [7, 11) is 0. The molecule has 1 N–H and O–H groups in total. The molecule has 0 fully saturated rings. The molecule has 0 aliphatic heterocycles. The molecule has 0 radical (unpaired) electrons. The number of hydrogen-bond donors (Lipinski definition) is 1. The smallest absolute Gasteiger partial charge is 0.356 e. The SMILES string of the molecule is CC(C)(C)CC/C(=N/O)C(=O)OCc1ccccc1. The summed E-state index contributed by atoms with van der Waals surface area (Å²) in [6, 6.07) is 9.40. The molecule has 0 saturated carbocycles. The average molecular weight is 263 g/mol. The van der Waals surface area contributed by atoms with E-state index in [1.165, 1.54) is 0 Å². The minimum absolute atomic E-state index is 0.0749. The fourth-order valence-corrected chi connectivity index (χ4v) is 1.49. The van der Waals surface area contributed by atoms with Gasteiger partial charge in [0.1, 0.15) is 6.61 Å². The Kier molecular flexibility index (Phi) is 5.55. The summed E-state index contributed by atoms with van der Waals surface area (Å²) in [5.74, 6) is -0.560. The lowest BCUT2D eigenvalue weighted by Crippen LogP contribution is -2.20. The Morgan fingerprint density at radius 2 is 1.89 bits per heavy atom. The first-order chi connectivity index (χ1) is 8.92. The molecule has 0 aromatic heterocycles. The second-order valence-electron chi connectivity index (χ2n) is 5.67. The monoisotopic (exact) mass is 263 g/mol. The summed E-state index contributed by atoms with van der Waals surface area (Å²) in [6.07, 6.45) is 1.17. The minimum Gasteiger partial charge on any atom is -0.456 e. The van der Waals surface area contributed by atoms with E-state index in [2.05, 4.69) is 25.9 Å². The van der Waals surface area contributed by atoms with Gasteiger partial charge in [0.25, 0.3) is 0 Å². The largest absolute Gasteiger partial charge is 0.456 e. The zero-order valence-electron chi connectivity index (χ0n) is 11.7. The molecule has 0 bridgehead atoms. The molecule has 4 heteroatoms. The van der Waals surface area contributed by atoms with Crippen molar-refractivity contribution in [3.8, 4) is 0 Å². The second-order valence-corrected chi connectivity index (χ2v) is 5.67. The Hall–Kier alpha value is -1.84. The van der Waals surface area contributed by atoms with Crippen LogP contribution in [0.4, 0.5) is 0 Å². The Bertz CT molecular complexity index is 432. The molecule has 0 spiro atoms. The van der Waals surface area contributed by atoms with Gasteiger partial charge < -0.3 is 9.94 Å². The van der Waals surface area contributed by atoms with E-state index in [1.807, 2.05) is 30.3 Å². The normalized spacial score (nSPS) is 12.3. The highest BCUT2D eigenvalue weighted by Crippen LogP contribution is 2.21. The van der Waals surface area contributed by atoms with E-state index in [-0.39, 0.29) is 17.7 Å². The maximum Gasteiger partial charge on any atom is 0.356 e. The molecule has 0 unspecified atom stereocenters. The van der Waals surface area contributed by atoms with Crippen LogP contribution < -0.4 is 0 Å². The van der Waals surface area contributed by atoms with Crippen molar-refractivity contribution in [3.63, 3.8) is 0 Å². The third kappa shape index (κ3) is 6.04. The molecule has 0 heterocycles. The van der Waals surface area contributed by atoms with E-state index in [0.29, 0.717) is 6.42 Å². The van der Waals surface area contributed by atoms with Crippen molar-refractivity contribution in [2.45, 2.75) is 40.2 Å². The Balaban J connectivity index is 2.47. The molecule has 0 saturated heterocycles. The average Bonchev–Trinajstić information content (AvgIpc) is 2.37. The van der Waals surface area contributed by atoms with Crippen LogP contribution in [0.25, 0.3) is 0 Å². The molecule has 19 heavy (non-hydrogen) atoms. The molecule has 4 nitrogen and oxygen atoms in total. The van der Waals surface area contributed by atoms with Crippen molar-refractivity contribution >= 4 is 11.7 Å². The van der Waals surface area contributed by atoms with Crippen LogP contribution in [0.2, 0.25) is 0 Å². The van der Waals surface area contributed by atoms with Crippen molar-refractivity contribution in [1.82, 2.24) is 0 Å². The lowest BCUT2D eigenvalue weighted by molar-refractivity contribution is -0.137. The van der Waals surface area contributed by atoms with Crippen molar-refractivity contribution in [2.24, 2.45) is 10.6 Å². The van der Waals surface area contributed by atoms with E-state index >= 15 is 0 Å². The molecule has 0 atom stereocenters. The molecule has 1 rings (SSSR count). The number of nitrogens with zero attached hydrogens (tertiary/aromatic N) is 1. The molecule has 1 aromatic rings. The van der Waals surface area contributed by atoms with Crippen molar-refractivity contribution in [2.75, 3.05) is 0 Å². The lowest BCUT2D eigenvalue weighted by Gasteiger charge is -2.17. The van der Waals surface area contributed by atoms with Gasteiger partial charge in [0.15, 0.2) is 5.71 Å². The van der Waals surface area contributed by atoms with Gasteiger partial charge in [-0.2, -0.15) is 0 Å². The second kappa shape index (κ2) is 6.92. The minimum atomic E-state index is -0.560. The van der Waals surface area contributed by atoms with Gasteiger partial charge in [-0.3, -0.25) is 0 Å². The van der Waals surface area contributed by atoms with Crippen molar-refractivity contribution < 1.29 is 14.7 Å². The number of rotatable bonds is 5. The quantitative estimate of drug-likeness (QED) is 0.383. The molecule has 1 aromatic carbocycles. The van der Waals surface area contributed by atoms with Gasteiger partial charge >= 0.3 is 5.97 Å². The summed E-state index contributed by atoms with van der Waals surface area (Å²) in [5.41, 5.74) is 1.06. The predicted molar refractivity (Wildman–Crippen MR) is 74.1 cm³/mol. The van der Waals surface area contributed by atoms with Crippen LogP contribution in [0.15, 0.2) is 35.5 Å². The van der Waals surface area contributed by atoms with Crippen LogP contribution in [0.1, 0.15) is 39.2 Å². The van der Waals surface area contributed by atoms with Crippen LogP contribution in [-0.2, 0) is 16.1 Å². The van der Waals surface area contributed by atoms with E-state index in [9.17, 15) is 4.79 Å². The van der Waals surface area contributed by atoms with E-state index < -0.39 is 5.97 Å². The number of carbonyl (C=O) groups excluding carboxylic acids is 1. The predicted octanol–water partition coefficient (Wildman–Crippen LogP) is 3.39. The zero-order valence-corrected chi connectivity index (χ0v) is 11.7. The maximum atomic E-state index is 11.8. The topological polar surface area (TPSA) is 58.9 Å². The van der Waals surface area contributed by atoms with Crippen LogP contribution in [-0.4, -0.2) is 16.9 Å². The molecule has 0 amide bonds. The highest BCUT2D eigenvalue weighted by atomic mass is 16.5. The first-order valence-electron chi connectivity index (χ1n) is 6.34. The van der Waals surface area contributed by atoms with Crippen molar-refractivity contribution in [3.05, 3.63) is 35.9 Å². The number of oxime groups is 1. The van der Waals surface area contributed by atoms with Crippen LogP contribution in [0, 0.1) is 5.41 Å². The molecule has 0 aliphatic carbocycles. The van der Waals surface area contributed by atoms with Crippen LogP contribution in [0.3, 0.4) is 0 Å². The standard InChI is InChI=1S/C15H21NO3/c1-15(2,3)10-9-13(16-18)14(17)19-11-12-7-5-4-6-8-12/h4-8,18H,9-11H2,1-3H3/b16-13-. The molecule has 104 valence electrons. The molecular weight excluding hydrogens is 242 g/mol. The lowest BCUT2D eigenvalue weighted by atomic mass is 9.89. The third-order valence-electron chi connectivity index (χ3n) is 2.68. The maximum absolute atomic E-state index is 11.8. The van der Waals surface area contributed by atoms with E-state index in [1.54, 1.807) is 0 Å². The van der Waals surface area contributed by atoms with Gasteiger partial charge in [-0.1, -0.05) is 56.3 Å². The van der Waals surface area contributed by atoms with Gasteiger partial charge in [0, 0.05) is 6.42 Å². The summed E-state index contributed by atoms with van der Waals surface area (Å²) >= 11 is 0. The summed E-state index contributed by atoms with van der Waals surface area (Å²) < 4.78 is 5.12. The first-order valence-corrected chi connectivity index (χ1v) is 6.34. The fourth-order valence-electron chi connectivity index (χ4n) is 1.49. The highest BCUT2D eigenvalue weighted by Gasteiger charge is 2.18. The first kappa shape index (κ1) is 15.2. The highest BCUT2D eigenvalue weighted by molar-refractivity contribution is 6.36. The summed E-state index contributed by atoms with van der Waals surface area (Å²) in [6.45, 7) is 6.39.